The van der Waals surface area contributed by atoms with Crippen LogP contribution in [0.2, 0.25) is 0 Å². The van der Waals surface area contributed by atoms with Crippen molar-refractivity contribution in [1.82, 2.24) is 19.5 Å². The Kier molecular flexibility index (Phi) is 6.15. The zero-order valence-electron chi connectivity index (χ0n) is 16.4. The largest absolute Gasteiger partial charge is 0.298 e. The van der Waals surface area contributed by atoms with E-state index in [0.29, 0.717) is 18.5 Å². The molecule has 4 atom stereocenters. The van der Waals surface area contributed by atoms with Crippen molar-refractivity contribution in [3.05, 3.63) is 17.5 Å². The third kappa shape index (κ3) is 4.47. The van der Waals surface area contributed by atoms with E-state index in [-0.39, 0.29) is 0 Å². The van der Waals surface area contributed by atoms with Crippen LogP contribution < -0.4 is 4.72 Å². The van der Waals surface area contributed by atoms with E-state index in [9.17, 15) is 8.42 Å². The highest BCUT2D eigenvalue weighted by Crippen LogP contribution is 2.53. The fourth-order valence-electron chi connectivity index (χ4n) is 4.89. The summed E-state index contributed by atoms with van der Waals surface area (Å²) in [5.74, 6) is 4.25. The molecule has 2 aliphatic carbocycles. The van der Waals surface area contributed by atoms with Crippen LogP contribution in [-0.2, 0) is 10.0 Å². The Hall–Kier alpha value is -0.900. The monoisotopic (exact) mass is 440 g/mol. The van der Waals surface area contributed by atoms with E-state index in [1.54, 1.807) is 23.1 Å². The van der Waals surface area contributed by atoms with Crippen LogP contribution in [0.3, 0.4) is 0 Å². The molecule has 28 heavy (non-hydrogen) atoms. The molecule has 2 aromatic heterocycles. The lowest BCUT2D eigenvalue weighted by atomic mass is 9.84. The zero-order chi connectivity index (χ0) is 19.7. The second kappa shape index (κ2) is 8.45. The van der Waals surface area contributed by atoms with Crippen LogP contribution in [0.25, 0.3) is 10.7 Å². The van der Waals surface area contributed by atoms with Crippen LogP contribution in [0.1, 0.15) is 45.1 Å². The van der Waals surface area contributed by atoms with Crippen molar-refractivity contribution < 1.29 is 8.42 Å². The van der Waals surface area contributed by atoms with Crippen LogP contribution in [-0.4, -0.2) is 41.7 Å². The van der Waals surface area contributed by atoms with Crippen molar-refractivity contribution in [3.8, 4) is 10.7 Å². The standard InChI is InChI=1S/C19H28N4O2S3/c1-13(16-12-14-6-7-15(16)11-14)23-18(17-5-3-9-26-17)21-22-19(23)27-10-4-8-20-28(2,24)25/h3,5,9,13-16,20H,4,6-8,10-12H2,1-2H3. The van der Waals surface area contributed by atoms with E-state index in [4.69, 9.17) is 0 Å². The fraction of sp³-hybridized carbons (Fsp3) is 0.684. The van der Waals surface area contributed by atoms with Gasteiger partial charge in [0.05, 0.1) is 11.1 Å². The molecule has 4 unspecified atom stereocenters. The molecule has 4 rings (SSSR count). The van der Waals surface area contributed by atoms with E-state index in [0.717, 1.165) is 39.9 Å². The van der Waals surface area contributed by atoms with Gasteiger partial charge in [0.1, 0.15) is 0 Å². The zero-order valence-corrected chi connectivity index (χ0v) is 18.8. The van der Waals surface area contributed by atoms with Gasteiger partial charge < -0.3 is 0 Å². The summed E-state index contributed by atoms with van der Waals surface area (Å²) in [5, 5.41) is 12.1. The number of aromatic nitrogens is 3. The first-order valence-electron chi connectivity index (χ1n) is 9.98. The van der Waals surface area contributed by atoms with Gasteiger partial charge in [-0.25, -0.2) is 13.1 Å². The summed E-state index contributed by atoms with van der Waals surface area (Å²) in [7, 11) is -3.12. The molecule has 2 bridgehead atoms. The minimum Gasteiger partial charge on any atom is -0.298 e. The Morgan fingerprint density at radius 1 is 1.36 bits per heavy atom. The van der Waals surface area contributed by atoms with E-state index >= 15 is 0 Å². The van der Waals surface area contributed by atoms with E-state index in [1.165, 1.54) is 31.9 Å². The Bertz CT molecular complexity index is 894. The first-order valence-corrected chi connectivity index (χ1v) is 13.7. The molecule has 0 radical (unpaired) electrons. The maximum atomic E-state index is 11.2. The maximum absolute atomic E-state index is 11.2. The third-order valence-corrected chi connectivity index (χ3v) is 8.77. The highest BCUT2D eigenvalue weighted by Gasteiger charge is 2.43. The van der Waals surface area contributed by atoms with Gasteiger partial charge in [0.2, 0.25) is 10.0 Å². The minimum absolute atomic E-state index is 0.388. The van der Waals surface area contributed by atoms with Gasteiger partial charge in [-0.2, -0.15) is 0 Å². The van der Waals surface area contributed by atoms with Gasteiger partial charge in [-0.15, -0.1) is 21.5 Å². The summed E-state index contributed by atoms with van der Waals surface area (Å²) < 4.78 is 27.3. The van der Waals surface area contributed by atoms with Gasteiger partial charge in [0.25, 0.3) is 0 Å². The van der Waals surface area contributed by atoms with Gasteiger partial charge in [0, 0.05) is 18.3 Å². The van der Waals surface area contributed by atoms with Crippen LogP contribution in [0, 0.1) is 17.8 Å². The van der Waals surface area contributed by atoms with Crippen LogP contribution >= 0.6 is 23.1 Å². The van der Waals surface area contributed by atoms with Crippen molar-refractivity contribution in [2.45, 2.75) is 50.2 Å². The van der Waals surface area contributed by atoms with Crippen molar-refractivity contribution in [2.75, 3.05) is 18.6 Å². The smallest absolute Gasteiger partial charge is 0.208 e. The van der Waals surface area contributed by atoms with Crippen molar-refractivity contribution in [2.24, 2.45) is 17.8 Å². The number of nitrogens with zero attached hydrogens (tertiary/aromatic N) is 3. The number of hydrogen-bond donors (Lipinski definition) is 1. The van der Waals surface area contributed by atoms with Gasteiger partial charge in [0.15, 0.2) is 11.0 Å². The second-order valence-electron chi connectivity index (χ2n) is 8.10. The van der Waals surface area contributed by atoms with Gasteiger partial charge in [-0.05, 0) is 61.8 Å². The van der Waals surface area contributed by atoms with E-state index < -0.39 is 10.0 Å². The van der Waals surface area contributed by atoms with Gasteiger partial charge >= 0.3 is 0 Å². The molecule has 6 nitrogen and oxygen atoms in total. The Balaban J connectivity index is 1.50. The predicted octanol–water partition coefficient (Wildman–Crippen LogP) is 4.04. The topological polar surface area (TPSA) is 76.9 Å². The Morgan fingerprint density at radius 3 is 2.86 bits per heavy atom. The molecular weight excluding hydrogens is 412 g/mol. The number of thioether (sulfide) groups is 1. The maximum Gasteiger partial charge on any atom is 0.208 e. The molecule has 1 N–H and O–H groups in total. The molecule has 0 aliphatic heterocycles. The van der Waals surface area contributed by atoms with Crippen molar-refractivity contribution >= 4 is 33.1 Å². The van der Waals surface area contributed by atoms with E-state index in [1.807, 2.05) is 0 Å². The van der Waals surface area contributed by atoms with Crippen molar-refractivity contribution in [3.63, 3.8) is 0 Å². The summed E-state index contributed by atoms with van der Waals surface area (Å²) in [6.45, 7) is 2.79. The Morgan fingerprint density at radius 2 is 2.21 bits per heavy atom. The molecule has 2 aromatic rings. The molecule has 2 fully saturated rings. The van der Waals surface area contributed by atoms with Crippen molar-refractivity contribution in [1.29, 1.82) is 0 Å². The molecule has 0 saturated heterocycles. The first kappa shape index (κ1) is 20.4. The summed E-state index contributed by atoms with van der Waals surface area (Å²) in [6, 6.07) is 4.56. The lowest BCUT2D eigenvalue weighted by Gasteiger charge is -2.30. The summed E-state index contributed by atoms with van der Waals surface area (Å²) in [5.41, 5.74) is 0. The quantitative estimate of drug-likeness (QED) is 0.470. The predicted molar refractivity (Wildman–Crippen MR) is 115 cm³/mol. The lowest BCUT2D eigenvalue weighted by Crippen LogP contribution is -2.24. The average Bonchev–Trinajstić information content (AvgIpc) is 3.42. The average molecular weight is 441 g/mol. The molecule has 2 heterocycles. The number of fused-ring (bicyclic) bond motifs is 2. The minimum atomic E-state index is -3.12. The summed E-state index contributed by atoms with van der Waals surface area (Å²) in [6.07, 6.45) is 7.46. The highest BCUT2D eigenvalue weighted by molar-refractivity contribution is 7.99. The molecule has 0 amide bonds. The van der Waals surface area contributed by atoms with Crippen LogP contribution in [0.4, 0.5) is 0 Å². The SMILES string of the molecule is CC(C1CC2CCC1C2)n1c(SCCCNS(C)(=O)=O)nnc1-c1cccs1. The van der Waals surface area contributed by atoms with E-state index in [2.05, 4.69) is 43.9 Å². The number of hydrogen-bond acceptors (Lipinski definition) is 6. The molecule has 154 valence electrons. The number of nitrogens with one attached hydrogen (secondary N) is 1. The summed E-state index contributed by atoms with van der Waals surface area (Å²) in [4.78, 5) is 1.16. The van der Waals surface area contributed by atoms with Gasteiger partial charge in [-0.1, -0.05) is 24.2 Å². The Labute approximate surface area is 175 Å². The van der Waals surface area contributed by atoms with Gasteiger partial charge in [-0.3, -0.25) is 4.57 Å². The molecule has 9 heteroatoms. The highest BCUT2D eigenvalue weighted by atomic mass is 32.2. The fourth-order valence-corrected chi connectivity index (χ4v) is 7.07. The molecular formula is C19H28N4O2S3. The van der Waals surface area contributed by atoms with Crippen LogP contribution in [0.15, 0.2) is 22.7 Å². The third-order valence-electron chi connectivity index (χ3n) is 6.14. The number of thiophene rings is 1. The first-order chi connectivity index (χ1) is 13.4. The number of rotatable bonds is 9. The molecule has 0 aromatic carbocycles. The molecule has 2 saturated carbocycles. The molecule has 2 aliphatic rings. The molecule has 0 spiro atoms. The number of sulfonamides is 1. The normalized spacial score (nSPS) is 25.4. The lowest BCUT2D eigenvalue weighted by molar-refractivity contribution is 0.235. The van der Waals surface area contributed by atoms with Crippen LogP contribution in [0.5, 0.6) is 0 Å². The summed E-state index contributed by atoms with van der Waals surface area (Å²) >= 11 is 3.39. The second-order valence-corrected chi connectivity index (χ2v) is 11.9.